The van der Waals surface area contributed by atoms with Crippen molar-refractivity contribution in [3.63, 3.8) is 0 Å². The molecule has 0 saturated carbocycles. The molecule has 0 aromatic carbocycles. The average Bonchev–Trinajstić information content (AvgIpc) is 3.12. The summed E-state index contributed by atoms with van der Waals surface area (Å²) in [6.07, 6.45) is 3.42. The van der Waals surface area contributed by atoms with Crippen LogP contribution in [0.25, 0.3) is 0 Å². The Labute approximate surface area is 188 Å². The first-order valence-electron chi connectivity index (χ1n) is 7.92. The van der Waals surface area contributed by atoms with E-state index in [4.69, 9.17) is 0 Å². The van der Waals surface area contributed by atoms with E-state index in [0.717, 1.165) is 0 Å². The number of aromatic nitrogens is 2. The van der Waals surface area contributed by atoms with Crippen molar-refractivity contribution in [3.05, 3.63) is 18.2 Å². The summed E-state index contributed by atoms with van der Waals surface area (Å²) in [7, 11) is 0. The molecule has 0 saturated heterocycles. The summed E-state index contributed by atoms with van der Waals surface area (Å²) in [6, 6.07) is 0. The van der Waals surface area contributed by atoms with Crippen LogP contribution in [0.1, 0.15) is 41.1 Å². The maximum Gasteiger partial charge on any atom is 0.216 e. The fourth-order valence-electron chi connectivity index (χ4n) is 1.49. The molecule has 4 nitrogen and oxygen atoms in total. The Kier molecular flexibility index (Phi) is 11.0. The standard InChI is InChI=1S/C24H13N3O.15H2/c1-3-4-5-6-7-8-9-10-11-12-13-14-15-16-17-18-24-26-20-22-27(24)21-19-25-23(2)28;;;;;;;;;;;;;;;/h20,22H,19,21H2,1-2H3,(H,25,28);15*1H. The quantitative estimate of drug-likeness (QED) is 0.791. The van der Waals surface area contributed by atoms with Gasteiger partial charge in [0.15, 0.2) is 5.82 Å². The zero-order chi connectivity index (χ0) is 20.3. The lowest BCUT2D eigenvalue weighted by Gasteiger charge is -2.04. The topological polar surface area (TPSA) is 46.9 Å². The van der Waals surface area contributed by atoms with Gasteiger partial charge in [-0.25, -0.2) is 4.98 Å². The number of hydrogen-bond acceptors (Lipinski definition) is 2. The molecule has 0 radical (unpaired) electrons. The van der Waals surface area contributed by atoms with E-state index in [0.29, 0.717) is 18.9 Å². The largest absolute Gasteiger partial charge is 0.355 e. The average molecular weight is 390 g/mol. The summed E-state index contributed by atoms with van der Waals surface area (Å²) in [5.74, 6) is 41.6. The molecule has 0 spiro atoms. The Morgan fingerprint density at radius 1 is 0.929 bits per heavy atom. The number of carbonyl (C=O) groups excluding carboxylic acids is 1. The highest BCUT2D eigenvalue weighted by Crippen LogP contribution is 1.94. The third kappa shape index (κ3) is 10.8. The Hall–Kier alpha value is -4.84. The van der Waals surface area contributed by atoms with Crippen molar-refractivity contribution < 1.29 is 26.2 Å². The van der Waals surface area contributed by atoms with Crippen molar-refractivity contribution in [1.29, 1.82) is 0 Å². The number of nitrogens with one attached hydrogen (secondary N) is 1. The van der Waals surface area contributed by atoms with Crippen LogP contribution in [0.5, 0.6) is 0 Å². The van der Waals surface area contributed by atoms with Gasteiger partial charge in [-0.15, -0.1) is 0 Å². The molecule has 160 valence electrons. The van der Waals surface area contributed by atoms with Gasteiger partial charge in [0, 0.05) is 53.8 Å². The van der Waals surface area contributed by atoms with Gasteiger partial charge in [-0.3, -0.25) is 4.79 Å². The van der Waals surface area contributed by atoms with Gasteiger partial charge in [0.1, 0.15) is 0 Å². The second-order valence-corrected chi connectivity index (χ2v) is 4.55. The van der Waals surface area contributed by atoms with Crippen LogP contribution in [0.3, 0.4) is 0 Å². The minimum absolute atomic E-state index is 0. The Bertz CT molecular complexity index is 1260. The minimum atomic E-state index is -0.0776. The highest BCUT2D eigenvalue weighted by atomic mass is 16.1. The van der Waals surface area contributed by atoms with Crippen LogP contribution < -0.4 is 5.32 Å². The van der Waals surface area contributed by atoms with E-state index in [1.54, 1.807) is 19.3 Å². The molecule has 1 amide bonds. The number of amides is 1. The molecule has 28 heavy (non-hydrogen) atoms. The van der Waals surface area contributed by atoms with Gasteiger partial charge in [-0.2, -0.15) is 0 Å². The summed E-state index contributed by atoms with van der Waals surface area (Å²) >= 11 is 0. The number of imidazole rings is 1. The zero-order valence-electron chi connectivity index (χ0n) is 15.4. The van der Waals surface area contributed by atoms with E-state index in [1.165, 1.54) is 6.92 Å². The smallest absolute Gasteiger partial charge is 0.216 e. The van der Waals surface area contributed by atoms with Crippen molar-refractivity contribution in [2.24, 2.45) is 0 Å². The maximum atomic E-state index is 10.9. The van der Waals surface area contributed by atoms with Crippen molar-refractivity contribution in [3.8, 4) is 94.7 Å². The molecule has 0 aliphatic rings. The molecule has 0 aliphatic heterocycles. The molecular weight excluding hydrogens is 346 g/mol. The van der Waals surface area contributed by atoms with Gasteiger partial charge in [0.2, 0.25) is 5.91 Å². The molecule has 1 aromatic rings. The predicted molar refractivity (Wildman–Crippen MR) is 140 cm³/mol. The molecule has 1 heterocycles. The molecule has 0 unspecified atom stereocenters. The molecule has 4 heteroatoms. The van der Waals surface area contributed by atoms with Gasteiger partial charge in [-0.1, -0.05) is 5.92 Å². The van der Waals surface area contributed by atoms with Gasteiger partial charge in [0.25, 0.3) is 0 Å². The lowest BCUT2D eigenvalue weighted by atomic mass is 10.4. The monoisotopic (exact) mass is 389 g/mol. The summed E-state index contributed by atoms with van der Waals surface area (Å²) in [6.45, 7) is 4.25. The van der Waals surface area contributed by atoms with Crippen LogP contribution in [-0.4, -0.2) is 22.0 Å². The minimum Gasteiger partial charge on any atom is -0.355 e. The summed E-state index contributed by atoms with van der Waals surface area (Å²) < 4.78 is 1.83. The Morgan fingerprint density at radius 3 is 1.93 bits per heavy atom. The van der Waals surface area contributed by atoms with Crippen molar-refractivity contribution in [2.45, 2.75) is 20.4 Å². The number of hydrogen-bond donors (Lipinski definition) is 1. The third-order valence-corrected chi connectivity index (χ3v) is 2.55. The Morgan fingerprint density at radius 2 is 1.43 bits per heavy atom. The third-order valence-electron chi connectivity index (χ3n) is 2.55. The van der Waals surface area contributed by atoms with Crippen LogP contribution in [0, 0.1) is 94.7 Å². The van der Waals surface area contributed by atoms with Gasteiger partial charge in [-0.05, 0) is 95.7 Å². The van der Waals surface area contributed by atoms with E-state index < -0.39 is 0 Å². The molecule has 1 rings (SSSR count). The van der Waals surface area contributed by atoms with Gasteiger partial charge in [0.05, 0.1) is 0 Å². The van der Waals surface area contributed by atoms with E-state index in [2.05, 4.69) is 105 Å². The Balaban J connectivity index is -0.0000000402. The van der Waals surface area contributed by atoms with E-state index in [-0.39, 0.29) is 27.3 Å². The second kappa shape index (κ2) is 14.5. The first-order valence-corrected chi connectivity index (χ1v) is 7.92. The van der Waals surface area contributed by atoms with Crippen LogP contribution in [0.2, 0.25) is 0 Å². The summed E-state index contributed by atoms with van der Waals surface area (Å²) in [5.41, 5.74) is 0. The zero-order valence-corrected chi connectivity index (χ0v) is 15.4. The van der Waals surface area contributed by atoms with E-state index in [1.807, 2.05) is 4.57 Å². The highest BCUT2D eigenvalue weighted by Gasteiger charge is 1.98. The summed E-state index contributed by atoms with van der Waals surface area (Å²) in [4.78, 5) is 15.0. The first-order chi connectivity index (χ1) is 13.7. The van der Waals surface area contributed by atoms with E-state index >= 15 is 0 Å². The van der Waals surface area contributed by atoms with E-state index in [9.17, 15) is 4.79 Å². The van der Waals surface area contributed by atoms with Gasteiger partial charge < -0.3 is 9.88 Å². The number of carbonyl (C=O) groups is 1. The maximum absolute atomic E-state index is 10.9. The van der Waals surface area contributed by atoms with Crippen LogP contribution in [0.4, 0.5) is 0 Å². The van der Waals surface area contributed by atoms with Gasteiger partial charge >= 0.3 is 0 Å². The number of nitrogens with zero attached hydrogens (tertiary/aromatic N) is 2. The lowest BCUT2D eigenvalue weighted by Crippen LogP contribution is -2.24. The van der Waals surface area contributed by atoms with Crippen LogP contribution in [0.15, 0.2) is 12.4 Å². The number of rotatable bonds is 3. The summed E-state index contributed by atoms with van der Waals surface area (Å²) in [5, 5.41) is 2.71. The fraction of sp³-hybridized carbons (Fsp3) is 0.167. The van der Waals surface area contributed by atoms with Crippen LogP contribution in [-0.2, 0) is 11.3 Å². The molecular formula is C24H43N3O. The molecule has 1 aromatic heterocycles. The lowest BCUT2D eigenvalue weighted by molar-refractivity contribution is -0.118. The molecule has 0 fully saturated rings. The second-order valence-electron chi connectivity index (χ2n) is 4.55. The van der Waals surface area contributed by atoms with Crippen LogP contribution >= 0.6 is 0 Å². The van der Waals surface area contributed by atoms with Crippen molar-refractivity contribution in [1.82, 2.24) is 14.9 Å². The molecule has 0 aliphatic carbocycles. The first kappa shape index (κ1) is 21.2. The fourth-order valence-corrected chi connectivity index (χ4v) is 1.49. The molecule has 1 N–H and O–H groups in total. The SMILES string of the molecule is CC#CC#CC#CC#CC#CC#CC#CC#Cc1nccn1CCNC(C)=O.[HH].[HH].[HH].[HH].[HH].[HH].[HH].[HH].[HH].[HH].[HH].[HH].[HH].[HH].[HH]. The predicted octanol–water partition coefficient (Wildman–Crippen LogP) is 4.10. The van der Waals surface area contributed by atoms with Crippen molar-refractivity contribution in [2.75, 3.05) is 6.54 Å². The van der Waals surface area contributed by atoms with Crippen molar-refractivity contribution >= 4 is 5.91 Å². The normalized spacial score (nSPS) is 6.50. The highest BCUT2D eigenvalue weighted by molar-refractivity contribution is 5.72. The molecule has 0 atom stereocenters. The molecule has 0 bridgehead atoms.